The Morgan fingerprint density at radius 1 is 1.04 bits per heavy atom. The molecular weight excluding hydrogens is 433 g/mol. The van der Waals surface area contributed by atoms with Gasteiger partial charge in [0.1, 0.15) is 5.57 Å². The first kappa shape index (κ1) is 20.4. The van der Waals surface area contributed by atoms with E-state index in [-0.39, 0.29) is 27.3 Å². The lowest BCUT2D eigenvalue weighted by Crippen LogP contribution is -2.54. The lowest BCUT2D eigenvalue weighted by Gasteiger charge is -2.28. The van der Waals surface area contributed by atoms with Crippen molar-refractivity contribution in [2.24, 2.45) is 0 Å². The van der Waals surface area contributed by atoms with Gasteiger partial charge < -0.3 is 0 Å². The van der Waals surface area contributed by atoms with E-state index in [9.17, 15) is 22.8 Å². The summed E-state index contributed by atoms with van der Waals surface area (Å²) in [4.78, 5) is 26.2. The van der Waals surface area contributed by atoms with Crippen molar-refractivity contribution in [3.8, 4) is 0 Å². The van der Waals surface area contributed by atoms with Gasteiger partial charge >= 0.3 is 5.51 Å². The van der Waals surface area contributed by atoms with Crippen LogP contribution in [0, 0.1) is 0 Å². The minimum Gasteiger partial charge on any atom is -0.298 e. The van der Waals surface area contributed by atoms with Crippen LogP contribution >= 0.6 is 35.6 Å². The molecule has 0 bridgehead atoms. The van der Waals surface area contributed by atoms with Crippen molar-refractivity contribution in [1.29, 1.82) is 0 Å². The fourth-order valence-corrected chi connectivity index (χ4v) is 3.36. The molecule has 28 heavy (non-hydrogen) atoms. The Labute approximate surface area is 172 Å². The van der Waals surface area contributed by atoms with Crippen LogP contribution in [0.15, 0.2) is 59.0 Å². The fourth-order valence-electron chi connectivity index (χ4n) is 2.41. The van der Waals surface area contributed by atoms with E-state index in [1.54, 1.807) is 24.3 Å². The van der Waals surface area contributed by atoms with Gasteiger partial charge in [0, 0.05) is 9.92 Å². The summed E-state index contributed by atoms with van der Waals surface area (Å²) < 4.78 is 37.2. The van der Waals surface area contributed by atoms with Crippen LogP contribution in [0.1, 0.15) is 5.56 Å². The number of nitrogens with zero attached hydrogens (tertiary/aromatic N) is 1. The Bertz CT molecular complexity index is 974. The van der Waals surface area contributed by atoms with Crippen molar-refractivity contribution in [3.05, 3.63) is 64.7 Å². The lowest BCUT2D eigenvalue weighted by molar-refractivity contribution is -0.122. The Kier molecular flexibility index (Phi) is 5.78. The Hall–Kier alpha value is -2.36. The van der Waals surface area contributed by atoms with Crippen LogP contribution in [0.3, 0.4) is 0 Å². The molecule has 1 heterocycles. The van der Waals surface area contributed by atoms with Crippen molar-refractivity contribution in [1.82, 2.24) is 5.32 Å². The Morgan fingerprint density at radius 3 is 2.21 bits per heavy atom. The number of rotatable bonds is 3. The van der Waals surface area contributed by atoms with Gasteiger partial charge in [-0.3, -0.25) is 19.8 Å². The number of hydrogen-bond acceptors (Lipinski definition) is 4. The number of halogens is 4. The molecule has 1 saturated heterocycles. The zero-order chi connectivity index (χ0) is 20.5. The van der Waals surface area contributed by atoms with Gasteiger partial charge in [-0.1, -0.05) is 23.7 Å². The average molecular weight is 443 g/mol. The summed E-state index contributed by atoms with van der Waals surface area (Å²) in [5, 5.41) is 2.82. The number of benzene rings is 2. The van der Waals surface area contributed by atoms with Crippen LogP contribution in [0.4, 0.5) is 18.9 Å². The topological polar surface area (TPSA) is 49.4 Å². The maximum absolute atomic E-state index is 12.8. The molecule has 4 nitrogen and oxygen atoms in total. The first-order chi connectivity index (χ1) is 13.1. The molecule has 0 aromatic heterocycles. The highest BCUT2D eigenvalue weighted by Gasteiger charge is 2.34. The minimum absolute atomic E-state index is 0.00181. The van der Waals surface area contributed by atoms with Gasteiger partial charge in [-0.05, 0) is 72.0 Å². The number of carbonyl (C=O) groups excluding carboxylic acids is 2. The molecule has 0 unspecified atom stereocenters. The molecule has 1 aliphatic heterocycles. The average Bonchev–Trinajstić information content (AvgIpc) is 2.60. The quantitative estimate of drug-likeness (QED) is 0.321. The predicted octanol–water partition coefficient (Wildman–Crippen LogP) is 4.78. The summed E-state index contributed by atoms with van der Waals surface area (Å²) in [5.74, 6) is -1.33. The van der Waals surface area contributed by atoms with E-state index < -0.39 is 17.3 Å². The molecule has 2 amide bonds. The number of hydrogen-bond donors (Lipinski definition) is 1. The van der Waals surface area contributed by atoms with E-state index >= 15 is 0 Å². The second kappa shape index (κ2) is 7.94. The zero-order valence-electron chi connectivity index (χ0n) is 13.8. The molecular formula is C18H10ClF3N2O2S2. The molecule has 0 aliphatic carbocycles. The Balaban J connectivity index is 1.89. The van der Waals surface area contributed by atoms with Crippen LogP contribution in [-0.4, -0.2) is 22.4 Å². The minimum atomic E-state index is -4.39. The van der Waals surface area contributed by atoms with Gasteiger partial charge in [0.15, 0.2) is 5.11 Å². The van der Waals surface area contributed by atoms with Crippen molar-refractivity contribution < 1.29 is 22.8 Å². The highest BCUT2D eigenvalue weighted by Crippen LogP contribution is 2.36. The molecule has 1 N–H and O–H groups in total. The lowest BCUT2D eigenvalue weighted by atomic mass is 10.1. The predicted molar refractivity (Wildman–Crippen MR) is 106 cm³/mol. The van der Waals surface area contributed by atoms with Crippen LogP contribution in [-0.2, 0) is 9.59 Å². The van der Waals surface area contributed by atoms with Crippen LogP contribution < -0.4 is 10.2 Å². The number of anilines is 1. The summed E-state index contributed by atoms with van der Waals surface area (Å²) in [6.07, 6.45) is 1.30. The summed E-state index contributed by atoms with van der Waals surface area (Å²) >= 11 is 10.7. The molecule has 1 fully saturated rings. The van der Waals surface area contributed by atoms with Crippen molar-refractivity contribution in [2.75, 3.05) is 4.90 Å². The highest BCUT2D eigenvalue weighted by molar-refractivity contribution is 8.00. The van der Waals surface area contributed by atoms with E-state index in [2.05, 4.69) is 5.32 Å². The molecule has 0 saturated carbocycles. The van der Waals surface area contributed by atoms with Gasteiger partial charge in [-0.25, -0.2) is 0 Å². The number of alkyl halides is 3. The van der Waals surface area contributed by atoms with Gasteiger partial charge in [0.25, 0.3) is 11.8 Å². The molecule has 0 spiro atoms. The van der Waals surface area contributed by atoms with E-state index in [4.69, 9.17) is 23.8 Å². The first-order valence-electron chi connectivity index (χ1n) is 7.67. The molecule has 0 radical (unpaired) electrons. The van der Waals surface area contributed by atoms with Gasteiger partial charge in [-0.2, -0.15) is 13.2 Å². The first-order valence-corrected chi connectivity index (χ1v) is 9.27. The Morgan fingerprint density at radius 2 is 1.64 bits per heavy atom. The monoisotopic (exact) mass is 442 g/mol. The second-order valence-electron chi connectivity index (χ2n) is 5.55. The number of carbonyl (C=O) groups is 2. The summed E-state index contributed by atoms with van der Waals surface area (Å²) in [7, 11) is 0. The third-order valence-electron chi connectivity index (χ3n) is 3.61. The van der Waals surface area contributed by atoms with Crippen LogP contribution in [0.5, 0.6) is 0 Å². The molecule has 2 aromatic rings. The zero-order valence-corrected chi connectivity index (χ0v) is 16.2. The summed E-state index contributed by atoms with van der Waals surface area (Å²) in [6.45, 7) is 0. The number of amides is 2. The maximum atomic E-state index is 12.8. The van der Waals surface area contributed by atoms with E-state index in [0.29, 0.717) is 16.3 Å². The highest BCUT2D eigenvalue weighted by atomic mass is 35.5. The standard InChI is InChI=1S/C18H10ClF3N2O2S2/c19-11-3-5-12(6-4-11)24-16(26)14(15(25)23-17(24)27)9-10-1-7-13(8-2-10)28-18(20,21)22/h1-9H,(H,23,25,27). The summed E-state index contributed by atoms with van der Waals surface area (Å²) in [5.41, 5.74) is -3.77. The molecule has 10 heteroatoms. The fraction of sp³-hybridized carbons (Fsp3) is 0.0556. The van der Waals surface area contributed by atoms with Gasteiger partial charge in [-0.15, -0.1) is 0 Å². The molecule has 1 aliphatic rings. The number of thiocarbonyl (C=S) groups is 1. The van der Waals surface area contributed by atoms with Crippen molar-refractivity contribution >= 4 is 64.3 Å². The van der Waals surface area contributed by atoms with E-state index in [0.717, 1.165) is 4.90 Å². The third-order valence-corrected chi connectivity index (χ3v) is 4.89. The molecule has 144 valence electrons. The normalized spacial score (nSPS) is 16.5. The van der Waals surface area contributed by atoms with E-state index in [1.165, 1.54) is 30.3 Å². The van der Waals surface area contributed by atoms with Crippen LogP contribution in [0.2, 0.25) is 5.02 Å². The molecule has 2 aromatic carbocycles. The van der Waals surface area contributed by atoms with E-state index in [1.807, 2.05) is 0 Å². The van der Waals surface area contributed by atoms with Crippen molar-refractivity contribution in [2.45, 2.75) is 10.4 Å². The van der Waals surface area contributed by atoms with Crippen molar-refractivity contribution in [3.63, 3.8) is 0 Å². The smallest absolute Gasteiger partial charge is 0.298 e. The molecule has 0 atom stereocenters. The second-order valence-corrected chi connectivity index (χ2v) is 7.51. The number of thioether (sulfide) groups is 1. The maximum Gasteiger partial charge on any atom is 0.446 e. The largest absolute Gasteiger partial charge is 0.446 e. The van der Waals surface area contributed by atoms with Gasteiger partial charge in [0.05, 0.1) is 5.69 Å². The third kappa shape index (κ3) is 4.73. The SMILES string of the molecule is O=C1NC(=S)N(c2ccc(Cl)cc2)C(=O)C1=Cc1ccc(SC(F)(F)F)cc1. The molecule has 3 rings (SSSR count). The summed E-state index contributed by atoms with van der Waals surface area (Å²) in [6, 6.07) is 11.6. The number of nitrogens with one attached hydrogen (secondary N) is 1. The van der Waals surface area contributed by atoms with Gasteiger partial charge in [0.2, 0.25) is 0 Å². The van der Waals surface area contributed by atoms with Crippen LogP contribution in [0.25, 0.3) is 6.08 Å².